The van der Waals surface area contributed by atoms with E-state index in [9.17, 15) is 0 Å². The molecule has 12 aromatic rings. The second kappa shape index (κ2) is 37.1. The van der Waals surface area contributed by atoms with Gasteiger partial charge in [0, 0.05) is 59.6 Å². The van der Waals surface area contributed by atoms with Gasteiger partial charge in [0.15, 0.2) is 25.5 Å². The number of halogens is 3. The zero-order valence-electron chi connectivity index (χ0n) is 58.5. The van der Waals surface area contributed by atoms with Crippen LogP contribution in [0.5, 0.6) is 23.0 Å². The molecule has 0 aliphatic carbocycles. The molecule has 0 bridgehead atoms. The van der Waals surface area contributed by atoms with Crippen molar-refractivity contribution in [2.45, 2.75) is 60.4 Å². The van der Waals surface area contributed by atoms with Gasteiger partial charge in [0.2, 0.25) is 11.0 Å². The van der Waals surface area contributed by atoms with E-state index in [4.69, 9.17) is 30.5 Å². The second-order valence-corrected chi connectivity index (χ2v) is 28.9. The number of hydrogen-bond donors (Lipinski definition) is 0. The van der Waals surface area contributed by atoms with Gasteiger partial charge in [0.25, 0.3) is 0 Å². The van der Waals surface area contributed by atoms with Crippen LogP contribution in [0.4, 0.5) is 11.4 Å². The fourth-order valence-corrected chi connectivity index (χ4v) is 16.5. The van der Waals surface area contributed by atoms with Crippen LogP contribution in [0.25, 0.3) is 55.5 Å². The quantitative estimate of drug-likeness (QED) is 0.0253. The zero-order chi connectivity index (χ0) is 69.4. The Kier molecular flexibility index (Phi) is 27.4. The Bertz CT molecular complexity index is 5160. The third-order valence-electron chi connectivity index (χ3n) is 18.1. The number of hydrogen-bond acceptors (Lipinski definition) is 10. The van der Waals surface area contributed by atoms with E-state index in [1.54, 1.807) is 35.3 Å². The fourth-order valence-electron chi connectivity index (χ4n) is 12.5. The van der Waals surface area contributed by atoms with Crippen molar-refractivity contribution in [1.29, 1.82) is 0 Å². The first-order valence-electron chi connectivity index (χ1n) is 34.1. The molecule has 8 nitrogen and oxygen atoms in total. The molecule has 2 aliphatic heterocycles. The number of fused-ring (bicyclic) bond motifs is 6. The van der Waals surface area contributed by atoms with E-state index in [1.165, 1.54) is 96.3 Å². The highest BCUT2D eigenvalue weighted by Crippen LogP contribution is 2.50. The van der Waals surface area contributed by atoms with Crippen molar-refractivity contribution in [3.05, 3.63) is 322 Å². The SMILES string of the molecule is CSc1cc2c(cc1SC)N(CCOc1ccccc1)C(=CC=CC=Cc1cc[n+](CCOc3ccccc3)c3cc(C)c(C)cc13)S2.Cc1cc2c(C=CC=CC=C3Sc4ccc(Cl)cc4N3CCOc3cccc4ccccc34)cc[n+](CCOc3cccc4ccccc34)c2cc1C.[I-].[I-]. The van der Waals surface area contributed by atoms with Gasteiger partial charge in [0.05, 0.1) is 45.3 Å². The summed E-state index contributed by atoms with van der Waals surface area (Å²) in [6, 6.07) is 73.5. The molecule has 2 aliphatic rings. The molecule has 0 amide bonds. The van der Waals surface area contributed by atoms with Crippen LogP contribution in [0.3, 0.4) is 0 Å². The zero-order valence-corrected chi connectivity index (χ0v) is 66.8. The smallest absolute Gasteiger partial charge is 0.213 e. The van der Waals surface area contributed by atoms with Gasteiger partial charge in [-0.3, -0.25) is 0 Å². The van der Waals surface area contributed by atoms with Crippen molar-refractivity contribution in [1.82, 2.24) is 0 Å². The molecule has 0 atom stereocenters. The van der Waals surface area contributed by atoms with Crippen LogP contribution < -0.4 is 85.8 Å². The Morgan fingerprint density at radius 3 is 1.38 bits per heavy atom. The van der Waals surface area contributed by atoms with Crippen LogP contribution in [0, 0.1) is 27.7 Å². The van der Waals surface area contributed by atoms with Crippen molar-refractivity contribution in [3.63, 3.8) is 0 Å². The fraction of sp³-hybridized carbons (Fsp3) is 0.159. The molecule has 2 aromatic heterocycles. The summed E-state index contributed by atoms with van der Waals surface area (Å²) in [4.78, 5) is 9.78. The maximum atomic E-state index is 6.46. The van der Waals surface area contributed by atoms with Gasteiger partial charge in [0.1, 0.15) is 49.4 Å². The maximum Gasteiger partial charge on any atom is 0.213 e. The van der Waals surface area contributed by atoms with Crippen molar-refractivity contribution >= 4 is 126 Å². The predicted octanol–water partition coefficient (Wildman–Crippen LogP) is 16.3. The van der Waals surface area contributed by atoms with E-state index in [-0.39, 0.29) is 48.0 Å². The maximum absolute atomic E-state index is 6.46. The van der Waals surface area contributed by atoms with Crippen molar-refractivity contribution in [2.24, 2.45) is 0 Å². The highest BCUT2D eigenvalue weighted by atomic mass is 127. The average molecular weight is 1680 g/mol. The molecule has 0 N–H and O–H groups in total. The van der Waals surface area contributed by atoms with Gasteiger partial charge in [-0.15, -0.1) is 23.5 Å². The number of aromatic nitrogens is 2. The van der Waals surface area contributed by atoms with Gasteiger partial charge >= 0.3 is 0 Å². The van der Waals surface area contributed by atoms with Crippen molar-refractivity contribution < 1.29 is 76.0 Å². The van der Waals surface area contributed by atoms with Gasteiger partial charge in [-0.25, -0.2) is 0 Å². The molecular formula is C88H81ClI2N4O4S4. The van der Waals surface area contributed by atoms with Gasteiger partial charge in [-0.05, 0) is 175 Å². The predicted molar refractivity (Wildman–Crippen MR) is 430 cm³/mol. The lowest BCUT2D eigenvalue weighted by Crippen LogP contribution is -3.00. The Morgan fingerprint density at radius 2 is 0.845 bits per heavy atom. The Balaban J connectivity index is 0.000000204. The van der Waals surface area contributed by atoms with Crippen LogP contribution in [0.1, 0.15) is 33.4 Å². The lowest BCUT2D eigenvalue weighted by molar-refractivity contribution is -0.672. The Hall–Kier alpha value is -8.07. The summed E-state index contributed by atoms with van der Waals surface area (Å²) in [5.41, 5.74) is 12.3. The first-order valence-corrected chi connectivity index (χ1v) is 38.5. The van der Waals surface area contributed by atoms with Crippen LogP contribution in [-0.4, -0.2) is 52.0 Å². The summed E-state index contributed by atoms with van der Waals surface area (Å²) >= 11 is 13.6. The number of benzene rings is 10. The molecular weight excluding hydrogens is 1590 g/mol. The average Bonchev–Trinajstić information content (AvgIpc) is 1.56. The van der Waals surface area contributed by atoms with Crippen molar-refractivity contribution in [2.75, 3.05) is 61.8 Å². The summed E-state index contributed by atoms with van der Waals surface area (Å²) in [6.07, 6.45) is 30.1. The highest BCUT2D eigenvalue weighted by Gasteiger charge is 2.28. The van der Waals surface area contributed by atoms with Gasteiger partial charge in [-0.2, -0.15) is 9.13 Å². The summed E-state index contributed by atoms with van der Waals surface area (Å²) in [5, 5.41) is 10.1. The van der Waals surface area contributed by atoms with Crippen LogP contribution in [-0.2, 0) is 13.1 Å². The first-order chi connectivity index (χ1) is 49.5. The minimum absolute atomic E-state index is 0. The summed E-state index contributed by atoms with van der Waals surface area (Å²) in [5.74, 6) is 3.61. The number of pyridine rings is 2. The standard InChI is InChI=1S/C47H40ClN2O2S.C41H41N2O2S3.2HI/c1-33-30-41-37(24-25-49(42(41)31-34(33)2)26-28-51-44-19-10-15-35-13-6-8-17-39(35)44)12-4-3-5-21-47-50(43-32-38(48)22-23-46(43)53-47)27-29-52-45-20-11-16-36-14-7-9-18-40(36)45;1-30-26-35-32(20-21-42(36(35)27-31(30)2)22-24-44-33-15-9-6-10-16-33)14-8-5-13-19-41-43(23-25-45-34-17-11-7-12-18-34)37-28-39(46-3)40(47-4)29-38(37)48-41;;/h3-25,30-32H,26-29H2,1-2H3;5-21,26-29H,22-25H2,1-4H3;2*1H/q2*+1;;/p-2. The van der Waals surface area contributed by atoms with Crippen LogP contribution in [0.2, 0.25) is 5.02 Å². The van der Waals surface area contributed by atoms with E-state index in [0.29, 0.717) is 33.0 Å². The third-order valence-corrected chi connectivity index (χ3v) is 22.2. The molecule has 522 valence electrons. The van der Waals surface area contributed by atoms with Crippen molar-refractivity contribution in [3.8, 4) is 23.0 Å². The molecule has 14 rings (SSSR count). The molecule has 15 heteroatoms. The molecule has 4 heterocycles. The number of aryl methyl sites for hydroxylation is 4. The molecule has 0 spiro atoms. The van der Waals surface area contributed by atoms with E-state index in [0.717, 1.165) is 69.1 Å². The lowest BCUT2D eigenvalue weighted by atomic mass is 10.0. The molecule has 0 saturated carbocycles. The van der Waals surface area contributed by atoms with E-state index < -0.39 is 0 Å². The molecule has 0 fully saturated rings. The lowest BCUT2D eigenvalue weighted by Gasteiger charge is -2.21. The van der Waals surface area contributed by atoms with E-state index in [2.05, 4.69) is 260 Å². The Morgan fingerprint density at radius 1 is 0.408 bits per heavy atom. The monoisotopic (exact) mass is 1670 g/mol. The summed E-state index contributed by atoms with van der Waals surface area (Å²) in [7, 11) is 0. The van der Waals surface area contributed by atoms with Gasteiger partial charge in [-0.1, -0.05) is 193 Å². The number of allylic oxidation sites excluding steroid dienone is 8. The van der Waals surface area contributed by atoms with Crippen LogP contribution >= 0.6 is 58.6 Å². The molecule has 103 heavy (non-hydrogen) atoms. The molecule has 10 aromatic carbocycles. The van der Waals surface area contributed by atoms with Crippen LogP contribution in [0.15, 0.2) is 303 Å². The van der Waals surface area contributed by atoms with Gasteiger partial charge < -0.3 is 76.7 Å². The number of anilines is 2. The number of para-hydroxylation sites is 2. The summed E-state index contributed by atoms with van der Waals surface area (Å²) in [6.45, 7) is 14.0. The normalized spacial score (nSPS) is 13.4. The van der Waals surface area contributed by atoms with E-state index >= 15 is 0 Å². The number of thioether (sulfide) groups is 4. The highest BCUT2D eigenvalue weighted by molar-refractivity contribution is 8.04. The molecule has 0 radical (unpaired) electrons. The van der Waals surface area contributed by atoms with E-state index in [1.807, 2.05) is 96.7 Å². The molecule has 0 saturated heterocycles. The Labute approximate surface area is 662 Å². The topological polar surface area (TPSA) is 51.2 Å². The third kappa shape index (κ3) is 18.9. The number of rotatable bonds is 24. The second-order valence-electron chi connectivity index (χ2n) is 24.6. The summed E-state index contributed by atoms with van der Waals surface area (Å²) < 4.78 is 29.3. The minimum Gasteiger partial charge on any atom is -1.00 e. The largest absolute Gasteiger partial charge is 1.00 e. The number of nitrogens with zero attached hydrogens (tertiary/aromatic N) is 4. The number of ether oxygens (including phenoxy) is 4. The molecule has 0 unspecified atom stereocenters. The first kappa shape index (κ1) is 76.1. The minimum atomic E-state index is 0.